The molecule has 5 rings (SSSR count). The number of aromatic nitrogens is 3. The van der Waals surface area contributed by atoms with Gasteiger partial charge in [-0.25, -0.2) is 9.50 Å². The van der Waals surface area contributed by atoms with E-state index in [9.17, 15) is 0 Å². The van der Waals surface area contributed by atoms with Crippen molar-refractivity contribution in [3.8, 4) is 17.0 Å². The zero-order chi connectivity index (χ0) is 15.4. The third-order valence-electron chi connectivity index (χ3n) is 5.06. The lowest BCUT2D eigenvalue weighted by molar-refractivity contribution is 0.415. The van der Waals surface area contributed by atoms with Crippen LogP contribution in [0.25, 0.3) is 16.9 Å². The first-order valence-electron chi connectivity index (χ1n) is 8.10. The highest BCUT2D eigenvalue weighted by atomic mass is 16.5. The molecule has 5 nitrogen and oxygen atoms in total. The lowest BCUT2D eigenvalue weighted by Gasteiger charge is -2.24. The van der Waals surface area contributed by atoms with E-state index in [0.29, 0.717) is 12.1 Å². The van der Waals surface area contributed by atoms with E-state index < -0.39 is 0 Å². The minimum atomic E-state index is 0.453. The van der Waals surface area contributed by atoms with Crippen LogP contribution in [-0.2, 0) is 6.42 Å². The van der Waals surface area contributed by atoms with Crippen LogP contribution in [0.15, 0.2) is 36.5 Å². The first-order valence-corrected chi connectivity index (χ1v) is 8.10. The van der Waals surface area contributed by atoms with E-state index in [2.05, 4.69) is 16.4 Å². The van der Waals surface area contributed by atoms with E-state index in [-0.39, 0.29) is 0 Å². The molecule has 1 saturated heterocycles. The molecule has 0 saturated carbocycles. The molecule has 0 radical (unpaired) electrons. The molecule has 0 unspecified atom stereocenters. The average Bonchev–Trinajstić information content (AvgIpc) is 3.20. The monoisotopic (exact) mass is 306 g/mol. The summed E-state index contributed by atoms with van der Waals surface area (Å²) in [5.41, 5.74) is 5.61. The van der Waals surface area contributed by atoms with Gasteiger partial charge in [0.2, 0.25) is 0 Å². The number of hydrogen-bond acceptors (Lipinski definition) is 4. The van der Waals surface area contributed by atoms with Crippen molar-refractivity contribution >= 4 is 5.65 Å². The van der Waals surface area contributed by atoms with Gasteiger partial charge in [0.25, 0.3) is 0 Å². The minimum absolute atomic E-state index is 0.453. The van der Waals surface area contributed by atoms with Crippen LogP contribution in [0, 0.1) is 0 Å². The van der Waals surface area contributed by atoms with Crippen LogP contribution < -0.4 is 10.1 Å². The predicted octanol–water partition coefficient (Wildman–Crippen LogP) is 2.75. The molecule has 2 atom stereocenters. The molecule has 5 heteroatoms. The zero-order valence-corrected chi connectivity index (χ0v) is 13.0. The van der Waals surface area contributed by atoms with E-state index in [4.69, 9.17) is 9.84 Å². The summed E-state index contributed by atoms with van der Waals surface area (Å²) in [6.45, 7) is 0. The molecule has 3 aromatic rings. The molecule has 2 aromatic heterocycles. The number of fused-ring (bicyclic) bond motifs is 6. The Balaban J connectivity index is 1.63. The van der Waals surface area contributed by atoms with Gasteiger partial charge in [-0.05, 0) is 37.1 Å². The number of methoxy groups -OCH3 is 1. The third-order valence-corrected chi connectivity index (χ3v) is 5.06. The second-order valence-electron chi connectivity index (χ2n) is 6.39. The summed E-state index contributed by atoms with van der Waals surface area (Å²) in [4.78, 5) is 4.63. The first kappa shape index (κ1) is 13.1. The molecule has 1 N–H and O–H groups in total. The van der Waals surface area contributed by atoms with Gasteiger partial charge in [0, 0.05) is 41.9 Å². The van der Waals surface area contributed by atoms with Gasteiger partial charge in [0.05, 0.1) is 18.5 Å². The molecule has 2 bridgehead atoms. The van der Waals surface area contributed by atoms with Crippen LogP contribution in [0.4, 0.5) is 0 Å². The summed E-state index contributed by atoms with van der Waals surface area (Å²) in [6, 6.07) is 11.1. The molecule has 0 amide bonds. The van der Waals surface area contributed by atoms with Gasteiger partial charge < -0.3 is 10.1 Å². The highest BCUT2D eigenvalue weighted by molar-refractivity contribution is 5.65. The summed E-state index contributed by atoms with van der Waals surface area (Å²) in [5.74, 6) is 0.857. The van der Waals surface area contributed by atoms with E-state index in [0.717, 1.165) is 29.1 Å². The third kappa shape index (κ3) is 1.96. The Bertz CT molecular complexity index is 884. The average molecular weight is 306 g/mol. The SMILES string of the molecule is COc1ccc(-c2cc3ncc4c(n3n2)C[C@@H]2CC[C@H]4N2)cc1. The van der Waals surface area contributed by atoms with Crippen molar-refractivity contribution in [2.24, 2.45) is 0 Å². The molecule has 1 fully saturated rings. The first-order chi connectivity index (χ1) is 11.3. The molecule has 0 aliphatic carbocycles. The van der Waals surface area contributed by atoms with E-state index in [1.165, 1.54) is 24.1 Å². The fourth-order valence-electron chi connectivity index (χ4n) is 3.85. The number of benzene rings is 1. The highest BCUT2D eigenvalue weighted by Crippen LogP contribution is 2.36. The maximum absolute atomic E-state index is 5.22. The van der Waals surface area contributed by atoms with Crippen molar-refractivity contribution in [3.05, 3.63) is 47.8 Å². The van der Waals surface area contributed by atoms with Gasteiger partial charge in [-0.1, -0.05) is 0 Å². The van der Waals surface area contributed by atoms with Crippen molar-refractivity contribution < 1.29 is 4.74 Å². The predicted molar refractivity (Wildman–Crippen MR) is 87.6 cm³/mol. The van der Waals surface area contributed by atoms with Crippen LogP contribution in [0.1, 0.15) is 30.1 Å². The molecule has 2 aliphatic heterocycles. The van der Waals surface area contributed by atoms with Crippen LogP contribution in [0.2, 0.25) is 0 Å². The van der Waals surface area contributed by atoms with E-state index in [1.807, 2.05) is 35.0 Å². The van der Waals surface area contributed by atoms with Crippen molar-refractivity contribution in [2.75, 3.05) is 7.11 Å². The maximum atomic E-state index is 5.22. The van der Waals surface area contributed by atoms with Crippen LogP contribution in [0.5, 0.6) is 5.75 Å². The minimum Gasteiger partial charge on any atom is -0.497 e. The molecule has 23 heavy (non-hydrogen) atoms. The number of rotatable bonds is 2. The van der Waals surface area contributed by atoms with Crippen molar-refractivity contribution in [1.82, 2.24) is 19.9 Å². The summed E-state index contributed by atoms with van der Waals surface area (Å²) >= 11 is 0. The molecule has 116 valence electrons. The van der Waals surface area contributed by atoms with Crippen LogP contribution in [-0.4, -0.2) is 27.7 Å². The number of hydrogen-bond donors (Lipinski definition) is 1. The van der Waals surface area contributed by atoms with Gasteiger partial charge in [0.1, 0.15) is 5.75 Å². The number of ether oxygens (including phenoxy) is 1. The lowest BCUT2D eigenvalue weighted by atomic mass is 10.0. The fraction of sp³-hybridized carbons (Fsp3) is 0.333. The van der Waals surface area contributed by atoms with Gasteiger partial charge >= 0.3 is 0 Å². The Hall–Kier alpha value is -2.40. The topological polar surface area (TPSA) is 51.5 Å². The van der Waals surface area contributed by atoms with Gasteiger partial charge in [-0.3, -0.25) is 0 Å². The van der Waals surface area contributed by atoms with Crippen LogP contribution in [0.3, 0.4) is 0 Å². The van der Waals surface area contributed by atoms with E-state index >= 15 is 0 Å². The summed E-state index contributed by atoms with van der Waals surface area (Å²) < 4.78 is 7.27. The van der Waals surface area contributed by atoms with Crippen molar-refractivity contribution in [1.29, 1.82) is 0 Å². The van der Waals surface area contributed by atoms with E-state index in [1.54, 1.807) is 7.11 Å². The number of nitrogens with one attached hydrogen (secondary N) is 1. The molecular weight excluding hydrogens is 288 g/mol. The van der Waals surface area contributed by atoms with Gasteiger partial charge in [-0.15, -0.1) is 0 Å². The quantitative estimate of drug-likeness (QED) is 0.791. The Kier molecular flexibility index (Phi) is 2.73. The van der Waals surface area contributed by atoms with Gasteiger partial charge in [-0.2, -0.15) is 5.10 Å². The largest absolute Gasteiger partial charge is 0.497 e. The summed E-state index contributed by atoms with van der Waals surface area (Å²) in [7, 11) is 1.68. The molecular formula is C18H18N4O. The summed E-state index contributed by atoms with van der Waals surface area (Å²) in [6.07, 6.45) is 5.52. The Morgan fingerprint density at radius 3 is 2.91 bits per heavy atom. The smallest absolute Gasteiger partial charge is 0.155 e. The maximum Gasteiger partial charge on any atom is 0.155 e. The standard InChI is InChI=1S/C18H18N4O/c1-23-13-5-2-11(3-6-13)16-9-18-19-10-14-15-7-4-12(20-15)8-17(14)22(18)21-16/h2-3,5-6,9-10,12,15,20H,4,7-8H2,1H3/t12-,15+/m0/s1. The molecule has 1 aromatic carbocycles. The normalized spacial score (nSPS) is 22.3. The number of nitrogens with zero attached hydrogens (tertiary/aromatic N) is 3. The highest BCUT2D eigenvalue weighted by Gasteiger charge is 2.34. The van der Waals surface area contributed by atoms with Crippen molar-refractivity contribution in [3.63, 3.8) is 0 Å². The fourth-order valence-corrected chi connectivity index (χ4v) is 3.85. The Morgan fingerprint density at radius 1 is 1.22 bits per heavy atom. The Labute approximate surface area is 134 Å². The second-order valence-corrected chi connectivity index (χ2v) is 6.39. The Morgan fingerprint density at radius 2 is 2.09 bits per heavy atom. The second kappa shape index (κ2) is 4.80. The molecule has 2 aliphatic rings. The summed E-state index contributed by atoms with van der Waals surface area (Å²) in [5, 5.41) is 8.50. The molecule has 4 heterocycles. The molecule has 0 spiro atoms. The van der Waals surface area contributed by atoms with Crippen molar-refractivity contribution in [2.45, 2.75) is 31.3 Å². The zero-order valence-electron chi connectivity index (χ0n) is 13.0. The van der Waals surface area contributed by atoms with Crippen LogP contribution >= 0.6 is 0 Å². The lowest BCUT2D eigenvalue weighted by Crippen LogP contribution is -2.33. The van der Waals surface area contributed by atoms with Gasteiger partial charge in [0.15, 0.2) is 5.65 Å².